The first-order chi connectivity index (χ1) is 25.7. The summed E-state index contributed by atoms with van der Waals surface area (Å²) < 4.78 is 8.74. The topological polar surface area (TPSA) is 35.1 Å². The van der Waals surface area contributed by atoms with E-state index in [1.807, 2.05) is 54.6 Å². The number of nitrogens with zero attached hydrogens (tertiary/aromatic N) is 1. The predicted molar refractivity (Wildman–Crippen MR) is 216 cm³/mol. The minimum Gasteiger partial charge on any atom is -0.456 e. The lowest BCUT2D eigenvalue weighted by Gasteiger charge is -2.15. The molecule has 52 heavy (non-hydrogen) atoms. The van der Waals surface area contributed by atoms with E-state index >= 15 is 0 Å². The molecular weight excluding hydrogens is 635 g/mol. The Hall–Kier alpha value is -6.97. The van der Waals surface area contributed by atoms with Crippen LogP contribution in [0, 0.1) is 0 Å². The molecule has 2 heterocycles. The molecule has 0 atom stereocenters. The second-order valence-electron chi connectivity index (χ2n) is 13.2. The van der Waals surface area contributed by atoms with Crippen LogP contribution in [0.25, 0.3) is 93.9 Å². The number of hydrogen-bond donors (Lipinski definition) is 0. The van der Waals surface area contributed by atoms with Crippen molar-refractivity contribution in [2.24, 2.45) is 0 Å². The zero-order valence-corrected chi connectivity index (χ0v) is 28.2. The van der Waals surface area contributed by atoms with Gasteiger partial charge in [-0.15, -0.1) is 0 Å². The van der Waals surface area contributed by atoms with Gasteiger partial charge in [-0.1, -0.05) is 152 Å². The van der Waals surface area contributed by atoms with Crippen LogP contribution in [0.2, 0.25) is 0 Å². The lowest BCUT2D eigenvalue weighted by atomic mass is 10.0. The van der Waals surface area contributed by atoms with E-state index in [0.717, 1.165) is 27.9 Å². The Balaban J connectivity index is 1.13. The average Bonchev–Trinajstić information content (AvgIpc) is 3.57. The summed E-state index contributed by atoms with van der Waals surface area (Å²) in [6, 6.07) is 65.0. The highest BCUT2D eigenvalue weighted by Crippen LogP contribution is 2.42. The minimum absolute atomic E-state index is 0.0264. The lowest BCUT2D eigenvalue weighted by Crippen LogP contribution is -2.02. The van der Waals surface area contributed by atoms with Crippen LogP contribution in [0.15, 0.2) is 197 Å². The number of rotatable bonds is 5. The highest BCUT2D eigenvalue weighted by Gasteiger charge is 2.20. The molecule has 0 saturated carbocycles. The quantitative estimate of drug-likeness (QED) is 0.172. The van der Waals surface area contributed by atoms with Crippen LogP contribution in [0.4, 0.5) is 0 Å². The number of fused-ring (bicyclic) bond motifs is 5. The maximum Gasteiger partial charge on any atom is 0.200 e. The van der Waals surface area contributed by atoms with Crippen LogP contribution >= 0.6 is 0 Å². The monoisotopic (exact) mass is 665 g/mol. The van der Waals surface area contributed by atoms with Gasteiger partial charge in [0.1, 0.15) is 11.2 Å². The molecule has 0 bridgehead atoms. The standard InChI is InChI=1S/C49H31NO2/c51-49-43-28-24-37(32-12-4-1-5-13-32)31-46(43)52-45-29-25-36(30-44(45)49)33-22-26-38(27-23-33)50-47-39(34-14-6-2-7-15-34)18-10-20-41(47)42-21-11-19-40(48(42)50)35-16-8-3-9-17-35/h1-31H. The fourth-order valence-electron chi connectivity index (χ4n) is 7.72. The smallest absolute Gasteiger partial charge is 0.200 e. The molecule has 2 aromatic heterocycles. The molecule has 10 rings (SSSR count). The maximum absolute atomic E-state index is 13.8. The first kappa shape index (κ1) is 29.9. The highest BCUT2D eigenvalue weighted by atomic mass is 16.3. The van der Waals surface area contributed by atoms with E-state index < -0.39 is 0 Å². The van der Waals surface area contributed by atoms with Gasteiger partial charge >= 0.3 is 0 Å². The first-order valence-corrected chi connectivity index (χ1v) is 17.6. The highest BCUT2D eigenvalue weighted by molar-refractivity contribution is 6.17. The second-order valence-corrected chi connectivity index (χ2v) is 13.2. The van der Waals surface area contributed by atoms with Gasteiger partial charge < -0.3 is 8.98 Å². The molecule has 0 spiro atoms. The number of hydrogen-bond acceptors (Lipinski definition) is 2. The van der Waals surface area contributed by atoms with Crippen molar-refractivity contribution in [2.45, 2.75) is 0 Å². The molecular formula is C49H31NO2. The fourth-order valence-corrected chi connectivity index (χ4v) is 7.72. The average molecular weight is 666 g/mol. The third kappa shape index (κ3) is 4.86. The van der Waals surface area contributed by atoms with E-state index in [0.29, 0.717) is 21.9 Å². The van der Waals surface area contributed by atoms with Crippen LogP contribution in [-0.2, 0) is 0 Å². The molecule has 0 aliphatic heterocycles. The van der Waals surface area contributed by atoms with Crippen LogP contribution in [0.5, 0.6) is 0 Å². The van der Waals surface area contributed by atoms with Crippen molar-refractivity contribution >= 4 is 43.7 Å². The summed E-state index contributed by atoms with van der Waals surface area (Å²) in [6.45, 7) is 0. The molecule has 0 aliphatic rings. The summed E-state index contributed by atoms with van der Waals surface area (Å²) in [5.74, 6) is 0. The van der Waals surface area contributed by atoms with Crippen molar-refractivity contribution < 1.29 is 4.42 Å². The van der Waals surface area contributed by atoms with E-state index in [2.05, 4.69) is 138 Å². The summed E-state index contributed by atoms with van der Waals surface area (Å²) in [7, 11) is 0. The van der Waals surface area contributed by atoms with E-state index in [1.54, 1.807) is 0 Å². The summed E-state index contributed by atoms with van der Waals surface area (Å²) in [5, 5.41) is 3.57. The minimum atomic E-state index is -0.0264. The van der Waals surface area contributed by atoms with Crippen LogP contribution < -0.4 is 5.43 Å². The normalized spacial score (nSPS) is 11.5. The first-order valence-electron chi connectivity index (χ1n) is 17.6. The van der Waals surface area contributed by atoms with Crippen LogP contribution in [0.3, 0.4) is 0 Å². The molecule has 10 aromatic rings. The Morgan fingerprint density at radius 3 is 1.44 bits per heavy atom. The molecule has 8 aromatic carbocycles. The summed E-state index contributed by atoms with van der Waals surface area (Å²) >= 11 is 0. The largest absolute Gasteiger partial charge is 0.456 e. The Bertz CT molecular complexity index is 2900. The second kappa shape index (κ2) is 12.1. The third-order valence-electron chi connectivity index (χ3n) is 10.2. The Kier molecular flexibility index (Phi) is 6.97. The van der Waals surface area contributed by atoms with Crippen molar-refractivity contribution in [1.82, 2.24) is 4.57 Å². The molecule has 0 aliphatic carbocycles. The molecule has 3 heteroatoms. The van der Waals surface area contributed by atoms with Gasteiger partial charge in [0.2, 0.25) is 5.43 Å². The Morgan fingerprint density at radius 2 is 0.846 bits per heavy atom. The number of para-hydroxylation sites is 2. The SMILES string of the molecule is O=c1c2ccc(-c3ccccc3)cc2oc2ccc(-c3ccc(-n4c5c(-c6ccccc6)cccc5c5cccc(-c6ccccc6)c54)cc3)cc12. The van der Waals surface area contributed by atoms with Gasteiger partial charge in [0.25, 0.3) is 0 Å². The van der Waals surface area contributed by atoms with Gasteiger partial charge in [-0.3, -0.25) is 4.79 Å². The number of aromatic nitrogens is 1. The summed E-state index contributed by atoms with van der Waals surface area (Å²) in [5.41, 5.74) is 13.4. The Labute approximate surface area is 300 Å². The summed E-state index contributed by atoms with van der Waals surface area (Å²) in [6.07, 6.45) is 0. The molecule has 0 radical (unpaired) electrons. The van der Waals surface area contributed by atoms with E-state index in [9.17, 15) is 4.79 Å². The van der Waals surface area contributed by atoms with Gasteiger partial charge in [0.15, 0.2) is 0 Å². The van der Waals surface area contributed by atoms with Crippen molar-refractivity contribution in [2.75, 3.05) is 0 Å². The van der Waals surface area contributed by atoms with E-state index in [1.165, 1.54) is 44.1 Å². The zero-order valence-electron chi connectivity index (χ0n) is 28.2. The van der Waals surface area contributed by atoms with Gasteiger partial charge in [0.05, 0.1) is 21.8 Å². The predicted octanol–water partition coefficient (Wildman–Crippen LogP) is 12.7. The van der Waals surface area contributed by atoms with E-state index in [4.69, 9.17) is 4.42 Å². The van der Waals surface area contributed by atoms with Crippen molar-refractivity contribution in [3.63, 3.8) is 0 Å². The fraction of sp³-hybridized carbons (Fsp3) is 0. The number of benzene rings is 8. The zero-order chi connectivity index (χ0) is 34.6. The molecule has 244 valence electrons. The molecule has 0 saturated heterocycles. The third-order valence-corrected chi connectivity index (χ3v) is 10.2. The molecule has 0 unspecified atom stereocenters. The molecule has 0 amide bonds. The molecule has 3 nitrogen and oxygen atoms in total. The maximum atomic E-state index is 13.8. The lowest BCUT2D eigenvalue weighted by molar-refractivity contribution is 0.660. The van der Waals surface area contributed by atoms with Crippen molar-refractivity contribution in [3.8, 4) is 50.2 Å². The van der Waals surface area contributed by atoms with Crippen molar-refractivity contribution in [1.29, 1.82) is 0 Å². The van der Waals surface area contributed by atoms with Crippen LogP contribution in [0.1, 0.15) is 0 Å². The Morgan fingerprint density at radius 1 is 0.346 bits per heavy atom. The van der Waals surface area contributed by atoms with Gasteiger partial charge in [-0.2, -0.15) is 0 Å². The van der Waals surface area contributed by atoms with Crippen molar-refractivity contribution in [3.05, 3.63) is 198 Å². The molecule has 0 fully saturated rings. The molecule has 0 N–H and O–H groups in total. The summed E-state index contributed by atoms with van der Waals surface area (Å²) in [4.78, 5) is 13.8. The van der Waals surface area contributed by atoms with Gasteiger partial charge in [-0.05, 0) is 69.8 Å². The van der Waals surface area contributed by atoms with E-state index in [-0.39, 0.29) is 5.43 Å². The van der Waals surface area contributed by atoms with Gasteiger partial charge in [-0.25, -0.2) is 0 Å². The van der Waals surface area contributed by atoms with Crippen LogP contribution in [-0.4, -0.2) is 4.57 Å². The van der Waals surface area contributed by atoms with Gasteiger partial charge in [0, 0.05) is 27.6 Å².